The molecule has 1 aromatic rings. The standard InChI is InChI=1S/C6H6F3N2O3P/c7-3-1-4(8)6(9)5(2-3)10-11-15(12,13)14/h1-2,10H,(H3,11,12,13,14). The summed E-state index contributed by atoms with van der Waals surface area (Å²) < 4.78 is 48.3. The molecule has 5 nitrogen and oxygen atoms in total. The predicted molar refractivity (Wildman–Crippen MR) is 45.1 cm³/mol. The van der Waals surface area contributed by atoms with Crippen LogP contribution in [0.4, 0.5) is 18.9 Å². The molecule has 0 aromatic heterocycles. The highest BCUT2D eigenvalue weighted by atomic mass is 31.2. The van der Waals surface area contributed by atoms with Crippen LogP contribution in [0.25, 0.3) is 0 Å². The molecule has 0 unspecified atom stereocenters. The van der Waals surface area contributed by atoms with Crippen LogP contribution in [0.15, 0.2) is 12.1 Å². The second-order valence-electron chi connectivity index (χ2n) is 2.53. The van der Waals surface area contributed by atoms with Crippen LogP contribution < -0.4 is 10.6 Å². The van der Waals surface area contributed by atoms with E-state index in [4.69, 9.17) is 9.79 Å². The summed E-state index contributed by atoms with van der Waals surface area (Å²) in [6.45, 7) is 0. The lowest BCUT2D eigenvalue weighted by molar-refractivity contribution is 0.361. The van der Waals surface area contributed by atoms with Crippen molar-refractivity contribution < 1.29 is 27.5 Å². The lowest BCUT2D eigenvalue weighted by Crippen LogP contribution is -2.19. The van der Waals surface area contributed by atoms with Crippen LogP contribution in [0.5, 0.6) is 0 Å². The molecule has 0 bridgehead atoms. The minimum Gasteiger partial charge on any atom is -0.311 e. The highest BCUT2D eigenvalue weighted by Crippen LogP contribution is 2.28. The molecular formula is C6H6F3N2O3P. The Hall–Kier alpha value is -1.08. The molecule has 0 aliphatic carbocycles. The van der Waals surface area contributed by atoms with Gasteiger partial charge in [-0.1, -0.05) is 0 Å². The Balaban J connectivity index is 2.90. The van der Waals surface area contributed by atoms with Crippen LogP contribution in [-0.2, 0) is 4.57 Å². The zero-order chi connectivity index (χ0) is 11.6. The number of benzene rings is 1. The monoisotopic (exact) mass is 242 g/mol. The SMILES string of the molecule is O=P(O)(O)NNc1cc(F)cc(F)c1F. The van der Waals surface area contributed by atoms with E-state index in [0.29, 0.717) is 12.1 Å². The second kappa shape index (κ2) is 4.19. The number of rotatable bonds is 3. The summed E-state index contributed by atoms with van der Waals surface area (Å²) in [5.74, 6) is -3.99. The average Bonchev–Trinajstić information content (AvgIpc) is 2.07. The van der Waals surface area contributed by atoms with Crippen LogP contribution in [0.2, 0.25) is 0 Å². The second-order valence-corrected chi connectivity index (χ2v) is 3.84. The molecule has 0 radical (unpaired) electrons. The van der Waals surface area contributed by atoms with Crippen molar-refractivity contribution >= 4 is 13.4 Å². The van der Waals surface area contributed by atoms with Crippen molar-refractivity contribution in [1.82, 2.24) is 5.20 Å². The van der Waals surface area contributed by atoms with Gasteiger partial charge in [0.2, 0.25) is 0 Å². The summed E-state index contributed by atoms with van der Waals surface area (Å²) in [6, 6.07) is 0.846. The Kier molecular flexibility index (Phi) is 3.35. The molecule has 84 valence electrons. The van der Waals surface area contributed by atoms with E-state index in [1.54, 1.807) is 5.43 Å². The Morgan fingerprint density at radius 3 is 2.33 bits per heavy atom. The molecule has 4 N–H and O–H groups in total. The zero-order valence-corrected chi connectivity index (χ0v) is 7.93. The van der Waals surface area contributed by atoms with Gasteiger partial charge in [0.1, 0.15) is 5.82 Å². The molecule has 9 heteroatoms. The van der Waals surface area contributed by atoms with Gasteiger partial charge >= 0.3 is 7.75 Å². The molecule has 0 atom stereocenters. The molecule has 0 amide bonds. The highest BCUT2D eigenvalue weighted by molar-refractivity contribution is 7.49. The van der Waals surface area contributed by atoms with Crippen molar-refractivity contribution in [2.45, 2.75) is 0 Å². The van der Waals surface area contributed by atoms with Crippen molar-refractivity contribution in [2.75, 3.05) is 5.43 Å². The van der Waals surface area contributed by atoms with Crippen LogP contribution in [-0.4, -0.2) is 9.79 Å². The lowest BCUT2D eigenvalue weighted by atomic mass is 10.3. The first kappa shape index (κ1) is 12.0. The number of hydrogen-bond donors (Lipinski definition) is 4. The summed E-state index contributed by atoms with van der Waals surface area (Å²) in [6.07, 6.45) is 0. The van der Waals surface area contributed by atoms with Gasteiger partial charge in [0.25, 0.3) is 0 Å². The number of anilines is 1. The summed E-state index contributed by atoms with van der Waals surface area (Å²) in [7, 11) is -4.65. The van der Waals surface area contributed by atoms with E-state index in [-0.39, 0.29) is 0 Å². The van der Waals surface area contributed by atoms with Gasteiger partial charge in [-0.05, 0) is 0 Å². The molecule has 15 heavy (non-hydrogen) atoms. The third-order valence-corrected chi connectivity index (χ3v) is 1.73. The predicted octanol–water partition coefficient (Wildman–Crippen LogP) is 1.11. The van der Waals surface area contributed by atoms with Gasteiger partial charge in [-0.15, -0.1) is 5.20 Å². The lowest BCUT2D eigenvalue weighted by Gasteiger charge is -2.10. The Labute approximate surface area is 82.1 Å². The van der Waals surface area contributed by atoms with E-state index in [1.165, 1.54) is 5.20 Å². The Morgan fingerprint density at radius 1 is 1.20 bits per heavy atom. The molecule has 1 rings (SSSR count). The van der Waals surface area contributed by atoms with Crippen LogP contribution in [0, 0.1) is 17.5 Å². The van der Waals surface area contributed by atoms with E-state index in [2.05, 4.69) is 0 Å². The maximum atomic E-state index is 12.9. The van der Waals surface area contributed by atoms with Crippen LogP contribution in [0.1, 0.15) is 0 Å². The fourth-order valence-corrected chi connectivity index (χ4v) is 1.05. The third kappa shape index (κ3) is 3.52. The number of hydrazine groups is 1. The van der Waals surface area contributed by atoms with Gasteiger partial charge in [0.15, 0.2) is 11.6 Å². The highest BCUT2D eigenvalue weighted by Gasteiger charge is 2.15. The maximum absolute atomic E-state index is 12.9. The van der Waals surface area contributed by atoms with E-state index in [0.717, 1.165) is 0 Å². The summed E-state index contributed by atoms with van der Waals surface area (Å²) in [5, 5.41) is 1.38. The minimum atomic E-state index is -4.65. The minimum absolute atomic E-state index is 0.304. The van der Waals surface area contributed by atoms with E-state index in [9.17, 15) is 17.7 Å². The number of hydrogen-bond acceptors (Lipinski definition) is 2. The first-order valence-electron chi connectivity index (χ1n) is 3.53. The largest absolute Gasteiger partial charge is 0.417 e. The van der Waals surface area contributed by atoms with E-state index in [1.807, 2.05) is 0 Å². The summed E-state index contributed by atoms with van der Waals surface area (Å²) in [4.78, 5) is 16.7. The van der Waals surface area contributed by atoms with Crippen molar-refractivity contribution in [3.8, 4) is 0 Å². The Bertz CT molecular complexity index is 422. The van der Waals surface area contributed by atoms with Gasteiger partial charge < -0.3 is 15.2 Å². The normalized spacial score (nSPS) is 11.5. The molecule has 0 spiro atoms. The quantitative estimate of drug-likeness (QED) is 0.362. The fraction of sp³-hybridized carbons (Fsp3) is 0. The van der Waals surface area contributed by atoms with E-state index < -0.39 is 30.9 Å². The van der Waals surface area contributed by atoms with Crippen molar-refractivity contribution in [3.63, 3.8) is 0 Å². The van der Waals surface area contributed by atoms with Crippen molar-refractivity contribution in [3.05, 3.63) is 29.6 Å². The number of nitrogens with one attached hydrogen (secondary N) is 2. The van der Waals surface area contributed by atoms with E-state index >= 15 is 0 Å². The van der Waals surface area contributed by atoms with Crippen molar-refractivity contribution in [1.29, 1.82) is 0 Å². The molecule has 1 aromatic carbocycles. The first-order chi connectivity index (χ1) is 6.79. The molecule has 0 aliphatic heterocycles. The van der Waals surface area contributed by atoms with Crippen LogP contribution >= 0.6 is 7.75 Å². The van der Waals surface area contributed by atoms with Gasteiger partial charge in [-0.2, -0.15) is 0 Å². The van der Waals surface area contributed by atoms with Crippen molar-refractivity contribution in [2.24, 2.45) is 0 Å². The average molecular weight is 242 g/mol. The van der Waals surface area contributed by atoms with Gasteiger partial charge in [0, 0.05) is 12.1 Å². The Morgan fingerprint density at radius 2 is 1.80 bits per heavy atom. The molecule has 0 saturated carbocycles. The topological polar surface area (TPSA) is 81.6 Å². The summed E-state index contributed by atoms with van der Waals surface area (Å²) >= 11 is 0. The molecule has 0 fully saturated rings. The number of halogens is 3. The fourth-order valence-electron chi connectivity index (χ4n) is 0.780. The molecule has 0 aliphatic rings. The molecule has 0 heterocycles. The molecule has 0 saturated heterocycles. The zero-order valence-electron chi connectivity index (χ0n) is 7.04. The van der Waals surface area contributed by atoms with Gasteiger partial charge in [-0.25, -0.2) is 17.7 Å². The third-order valence-electron chi connectivity index (χ3n) is 1.33. The maximum Gasteiger partial charge on any atom is 0.417 e. The molecular weight excluding hydrogens is 236 g/mol. The summed E-state index contributed by atoms with van der Waals surface area (Å²) in [5.41, 5.74) is 0.926. The van der Waals surface area contributed by atoms with Crippen LogP contribution in [0.3, 0.4) is 0 Å². The van der Waals surface area contributed by atoms with Gasteiger partial charge in [-0.3, -0.25) is 0 Å². The van der Waals surface area contributed by atoms with Gasteiger partial charge in [0.05, 0.1) is 5.69 Å². The smallest absolute Gasteiger partial charge is 0.311 e. The first-order valence-corrected chi connectivity index (χ1v) is 5.14.